The molecule has 1 aliphatic heterocycles. The van der Waals surface area contributed by atoms with Crippen molar-refractivity contribution in [3.63, 3.8) is 0 Å². The minimum absolute atomic E-state index is 0.220. The van der Waals surface area contributed by atoms with Crippen LogP contribution >= 0.6 is 15.9 Å². The molecule has 1 aromatic rings. The molecule has 4 heteroatoms. The lowest BCUT2D eigenvalue weighted by Crippen LogP contribution is -2.12. The fourth-order valence-corrected chi connectivity index (χ4v) is 2.26. The van der Waals surface area contributed by atoms with Gasteiger partial charge in [-0.25, -0.2) is 4.39 Å². The van der Waals surface area contributed by atoms with Gasteiger partial charge in [-0.1, -0.05) is 0 Å². The van der Waals surface area contributed by atoms with Gasteiger partial charge < -0.3 is 10.1 Å². The smallest absolute Gasteiger partial charge is 0.125 e. The summed E-state index contributed by atoms with van der Waals surface area (Å²) in [4.78, 5) is 0. The first-order chi connectivity index (χ1) is 7.75. The zero-order valence-corrected chi connectivity index (χ0v) is 10.6. The van der Waals surface area contributed by atoms with E-state index in [0.717, 1.165) is 42.6 Å². The Morgan fingerprint density at radius 3 is 3.12 bits per heavy atom. The fraction of sp³-hybridized carbons (Fsp3) is 0.500. The summed E-state index contributed by atoms with van der Waals surface area (Å²) in [6.45, 7) is 1.70. The number of halogens is 2. The Balaban J connectivity index is 1.82. The first-order valence-electron chi connectivity index (χ1n) is 5.56. The lowest BCUT2D eigenvalue weighted by molar-refractivity contribution is 0.107. The van der Waals surface area contributed by atoms with Crippen LogP contribution in [0.1, 0.15) is 19.3 Å². The zero-order valence-electron chi connectivity index (χ0n) is 9.01. The van der Waals surface area contributed by atoms with E-state index in [2.05, 4.69) is 21.2 Å². The molecule has 0 saturated carbocycles. The van der Waals surface area contributed by atoms with Crippen molar-refractivity contribution >= 4 is 21.6 Å². The molecule has 1 unspecified atom stereocenters. The maximum absolute atomic E-state index is 13.0. The number of nitrogens with one attached hydrogen (secondary N) is 1. The number of anilines is 1. The van der Waals surface area contributed by atoms with Crippen molar-refractivity contribution < 1.29 is 9.13 Å². The Morgan fingerprint density at radius 2 is 2.38 bits per heavy atom. The van der Waals surface area contributed by atoms with Crippen LogP contribution in [0.4, 0.5) is 10.1 Å². The van der Waals surface area contributed by atoms with E-state index < -0.39 is 0 Å². The second kappa shape index (κ2) is 5.64. The van der Waals surface area contributed by atoms with Crippen LogP contribution in [0, 0.1) is 5.82 Å². The van der Waals surface area contributed by atoms with E-state index >= 15 is 0 Å². The molecule has 0 aromatic heterocycles. The molecule has 2 rings (SSSR count). The van der Waals surface area contributed by atoms with Crippen molar-refractivity contribution in [3.05, 3.63) is 28.5 Å². The second-order valence-electron chi connectivity index (χ2n) is 3.97. The van der Waals surface area contributed by atoms with E-state index in [1.165, 1.54) is 12.1 Å². The first kappa shape index (κ1) is 11.9. The monoisotopic (exact) mass is 287 g/mol. The van der Waals surface area contributed by atoms with E-state index in [1.54, 1.807) is 6.07 Å². The minimum Gasteiger partial charge on any atom is -0.384 e. The Morgan fingerprint density at radius 1 is 1.50 bits per heavy atom. The van der Waals surface area contributed by atoms with Gasteiger partial charge in [-0.05, 0) is 53.4 Å². The average Bonchev–Trinajstić information content (AvgIpc) is 2.76. The van der Waals surface area contributed by atoms with Gasteiger partial charge in [0.1, 0.15) is 5.82 Å². The van der Waals surface area contributed by atoms with Crippen molar-refractivity contribution in [1.29, 1.82) is 0 Å². The van der Waals surface area contributed by atoms with E-state index in [1.807, 2.05) is 0 Å². The quantitative estimate of drug-likeness (QED) is 0.914. The van der Waals surface area contributed by atoms with Gasteiger partial charge in [-0.3, -0.25) is 0 Å². The van der Waals surface area contributed by atoms with Gasteiger partial charge in [0.15, 0.2) is 0 Å². The van der Waals surface area contributed by atoms with Crippen molar-refractivity contribution in [2.75, 3.05) is 18.5 Å². The fourth-order valence-electron chi connectivity index (χ4n) is 1.87. The third-order valence-corrected chi connectivity index (χ3v) is 3.43. The van der Waals surface area contributed by atoms with E-state index in [-0.39, 0.29) is 5.82 Å². The second-order valence-corrected chi connectivity index (χ2v) is 4.83. The molecule has 1 aromatic carbocycles. The van der Waals surface area contributed by atoms with Gasteiger partial charge in [0.2, 0.25) is 0 Å². The van der Waals surface area contributed by atoms with E-state index in [0.29, 0.717) is 6.10 Å². The molecular formula is C12H15BrFNO. The molecule has 16 heavy (non-hydrogen) atoms. The normalized spacial score (nSPS) is 20.0. The van der Waals surface area contributed by atoms with Gasteiger partial charge >= 0.3 is 0 Å². The summed E-state index contributed by atoms with van der Waals surface area (Å²) in [5.74, 6) is -0.220. The SMILES string of the molecule is Fc1ccc(Br)c(NCCC2CCCO2)c1. The summed E-state index contributed by atoms with van der Waals surface area (Å²) >= 11 is 3.38. The van der Waals surface area contributed by atoms with Gasteiger partial charge in [-0.15, -0.1) is 0 Å². The maximum atomic E-state index is 13.0. The van der Waals surface area contributed by atoms with Crippen LogP contribution in [0.25, 0.3) is 0 Å². The third-order valence-electron chi connectivity index (χ3n) is 2.73. The van der Waals surface area contributed by atoms with Crippen LogP contribution in [-0.2, 0) is 4.74 Å². The van der Waals surface area contributed by atoms with Crippen LogP contribution in [0.2, 0.25) is 0 Å². The van der Waals surface area contributed by atoms with Crippen molar-refractivity contribution in [3.8, 4) is 0 Å². The highest BCUT2D eigenvalue weighted by molar-refractivity contribution is 9.10. The lowest BCUT2D eigenvalue weighted by Gasteiger charge is -2.12. The van der Waals surface area contributed by atoms with Crippen molar-refractivity contribution in [2.24, 2.45) is 0 Å². The average molecular weight is 288 g/mol. The van der Waals surface area contributed by atoms with Crippen LogP contribution in [0.15, 0.2) is 22.7 Å². The number of benzene rings is 1. The van der Waals surface area contributed by atoms with E-state index in [4.69, 9.17) is 4.74 Å². The van der Waals surface area contributed by atoms with Gasteiger partial charge in [0.05, 0.1) is 11.8 Å². The van der Waals surface area contributed by atoms with Crippen LogP contribution < -0.4 is 5.32 Å². The lowest BCUT2D eigenvalue weighted by atomic mass is 10.2. The Hall–Kier alpha value is -0.610. The van der Waals surface area contributed by atoms with Crippen molar-refractivity contribution in [2.45, 2.75) is 25.4 Å². The van der Waals surface area contributed by atoms with Gasteiger partial charge in [0.25, 0.3) is 0 Å². The molecule has 2 nitrogen and oxygen atoms in total. The number of hydrogen-bond acceptors (Lipinski definition) is 2. The summed E-state index contributed by atoms with van der Waals surface area (Å²) in [7, 11) is 0. The summed E-state index contributed by atoms with van der Waals surface area (Å²) in [6, 6.07) is 4.65. The standard InChI is InChI=1S/C12H15BrFNO/c13-11-4-3-9(14)8-12(11)15-6-5-10-2-1-7-16-10/h3-4,8,10,15H,1-2,5-7H2. The first-order valence-corrected chi connectivity index (χ1v) is 6.35. The minimum atomic E-state index is -0.220. The predicted octanol–water partition coefficient (Wildman–Crippen LogP) is 3.57. The number of hydrogen-bond donors (Lipinski definition) is 1. The summed E-state index contributed by atoms with van der Waals surface area (Å²) in [5, 5.41) is 3.21. The maximum Gasteiger partial charge on any atom is 0.125 e. The third kappa shape index (κ3) is 3.19. The highest BCUT2D eigenvalue weighted by atomic mass is 79.9. The molecule has 1 heterocycles. The Labute approximate surface area is 103 Å². The van der Waals surface area contributed by atoms with E-state index in [9.17, 15) is 4.39 Å². The molecule has 1 fully saturated rings. The molecule has 0 bridgehead atoms. The van der Waals surface area contributed by atoms with Crippen molar-refractivity contribution in [1.82, 2.24) is 0 Å². The Bertz CT molecular complexity index is 353. The molecular weight excluding hydrogens is 273 g/mol. The summed E-state index contributed by atoms with van der Waals surface area (Å²) in [5.41, 5.74) is 0.804. The van der Waals surface area contributed by atoms with Crippen LogP contribution in [0.5, 0.6) is 0 Å². The topological polar surface area (TPSA) is 21.3 Å². The molecule has 1 aliphatic rings. The van der Waals surface area contributed by atoms with Gasteiger partial charge in [0, 0.05) is 17.6 Å². The largest absolute Gasteiger partial charge is 0.384 e. The summed E-state index contributed by atoms with van der Waals surface area (Å²) in [6.07, 6.45) is 3.66. The number of ether oxygens (including phenoxy) is 1. The predicted molar refractivity (Wildman–Crippen MR) is 66.2 cm³/mol. The van der Waals surface area contributed by atoms with Gasteiger partial charge in [-0.2, -0.15) is 0 Å². The molecule has 0 aliphatic carbocycles. The molecule has 0 spiro atoms. The molecule has 88 valence electrons. The molecule has 1 N–H and O–H groups in total. The molecule has 1 atom stereocenters. The Kier molecular flexibility index (Phi) is 4.18. The highest BCUT2D eigenvalue weighted by Gasteiger charge is 2.14. The molecule has 1 saturated heterocycles. The van der Waals surface area contributed by atoms with Crippen LogP contribution in [0.3, 0.4) is 0 Å². The summed E-state index contributed by atoms with van der Waals surface area (Å²) < 4.78 is 19.4. The molecule has 0 radical (unpaired) electrons. The number of rotatable bonds is 4. The van der Waals surface area contributed by atoms with Crippen LogP contribution in [-0.4, -0.2) is 19.3 Å². The highest BCUT2D eigenvalue weighted by Crippen LogP contribution is 2.23. The molecule has 0 amide bonds. The zero-order chi connectivity index (χ0) is 11.4.